The lowest BCUT2D eigenvalue weighted by atomic mass is 9.94. The minimum Gasteiger partial charge on any atom is -0.319 e. The van der Waals surface area contributed by atoms with Gasteiger partial charge in [-0.3, -0.25) is 0 Å². The molecule has 2 heterocycles. The molecule has 0 radical (unpaired) electrons. The van der Waals surface area contributed by atoms with Crippen LogP contribution in [0.25, 0.3) is 0 Å². The number of benzene rings is 1. The summed E-state index contributed by atoms with van der Waals surface area (Å²) in [5.41, 5.74) is 1.29. The highest BCUT2D eigenvalue weighted by molar-refractivity contribution is 6.42. The van der Waals surface area contributed by atoms with Gasteiger partial charge in [0.15, 0.2) is 0 Å². The van der Waals surface area contributed by atoms with Crippen molar-refractivity contribution >= 4 is 23.2 Å². The number of likely N-dealkylation sites (N-methyl/N-ethyl adjacent to an activating group) is 1. The maximum absolute atomic E-state index is 6.23. The fourth-order valence-electron chi connectivity index (χ4n) is 4.53. The Bertz CT molecular complexity index is 552. The number of nitrogens with zero attached hydrogens (tertiary/aromatic N) is 2. The monoisotopic (exact) mass is 397 g/mol. The summed E-state index contributed by atoms with van der Waals surface area (Å²) in [6.45, 7) is 7.28. The summed E-state index contributed by atoms with van der Waals surface area (Å²) in [5.74, 6) is 0.481. The van der Waals surface area contributed by atoms with Crippen LogP contribution in [0, 0.1) is 0 Å². The van der Waals surface area contributed by atoms with Gasteiger partial charge >= 0.3 is 0 Å². The number of piperidine rings is 2. The van der Waals surface area contributed by atoms with E-state index in [1.807, 2.05) is 19.2 Å². The zero-order chi connectivity index (χ0) is 18.4. The van der Waals surface area contributed by atoms with E-state index in [9.17, 15) is 0 Å². The standard InChI is InChI=1S/C21H33Cl2N3/c1-24-16-18(17-5-6-20(22)21(23)15-17)7-12-25-13-8-19(9-14-25)26-10-3-2-4-11-26/h5-6,15,18-19,24H,2-4,7-14,16H2,1H3/t18-/m1/s1. The summed E-state index contributed by atoms with van der Waals surface area (Å²) in [6.07, 6.45) is 8.06. The average molecular weight is 398 g/mol. The summed E-state index contributed by atoms with van der Waals surface area (Å²) < 4.78 is 0. The van der Waals surface area contributed by atoms with Crippen LogP contribution in [0.2, 0.25) is 10.0 Å². The highest BCUT2D eigenvalue weighted by Gasteiger charge is 2.25. The van der Waals surface area contributed by atoms with Crippen LogP contribution in [0.1, 0.15) is 50.0 Å². The predicted octanol–water partition coefficient (Wildman–Crippen LogP) is 4.64. The van der Waals surface area contributed by atoms with Gasteiger partial charge in [-0.25, -0.2) is 0 Å². The number of halogens is 2. The zero-order valence-corrected chi connectivity index (χ0v) is 17.5. The SMILES string of the molecule is CNC[C@@H](CCN1CCC(N2CCCCC2)CC1)c1ccc(Cl)c(Cl)c1. The molecule has 0 saturated carbocycles. The van der Waals surface area contributed by atoms with E-state index in [4.69, 9.17) is 23.2 Å². The Morgan fingerprint density at radius 1 is 1.04 bits per heavy atom. The van der Waals surface area contributed by atoms with Gasteiger partial charge in [-0.15, -0.1) is 0 Å². The Balaban J connectivity index is 1.48. The smallest absolute Gasteiger partial charge is 0.0595 e. The van der Waals surface area contributed by atoms with Gasteiger partial charge in [0, 0.05) is 12.6 Å². The third-order valence-electron chi connectivity index (χ3n) is 6.12. The molecule has 1 atom stereocenters. The fourth-order valence-corrected chi connectivity index (χ4v) is 4.84. The number of hydrogen-bond donors (Lipinski definition) is 1. The molecule has 2 fully saturated rings. The van der Waals surface area contributed by atoms with Crippen molar-refractivity contribution in [2.24, 2.45) is 0 Å². The molecule has 2 aliphatic rings. The van der Waals surface area contributed by atoms with Crippen LogP contribution in [0.5, 0.6) is 0 Å². The molecule has 0 aromatic heterocycles. The van der Waals surface area contributed by atoms with Gasteiger partial charge in [0.25, 0.3) is 0 Å². The molecule has 0 unspecified atom stereocenters. The van der Waals surface area contributed by atoms with Crippen LogP contribution in [0.3, 0.4) is 0 Å². The van der Waals surface area contributed by atoms with Crippen molar-refractivity contribution in [1.29, 1.82) is 0 Å². The normalized spacial score (nSPS) is 21.8. The minimum atomic E-state index is 0.481. The van der Waals surface area contributed by atoms with Crippen molar-refractivity contribution < 1.29 is 0 Å². The number of nitrogens with one attached hydrogen (secondary N) is 1. The van der Waals surface area contributed by atoms with E-state index in [1.165, 1.54) is 70.4 Å². The molecule has 146 valence electrons. The van der Waals surface area contributed by atoms with Gasteiger partial charge in [0.05, 0.1) is 10.0 Å². The molecule has 1 aromatic carbocycles. The molecular weight excluding hydrogens is 365 g/mol. The Kier molecular flexibility index (Phi) is 8.08. The van der Waals surface area contributed by atoms with Gasteiger partial charge < -0.3 is 15.1 Å². The Hall–Kier alpha value is -0.320. The highest BCUT2D eigenvalue weighted by Crippen LogP contribution is 2.28. The van der Waals surface area contributed by atoms with Crippen molar-refractivity contribution in [2.45, 2.75) is 50.5 Å². The second-order valence-electron chi connectivity index (χ2n) is 7.89. The van der Waals surface area contributed by atoms with Crippen molar-refractivity contribution in [2.75, 3.05) is 46.3 Å². The van der Waals surface area contributed by atoms with E-state index in [-0.39, 0.29) is 0 Å². The van der Waals surface area contributed by atoms with Crippen LogP contribution in [0.15, 0.2) is 18.2 Å². The number of hydrogen-bond acceptors (Lipinski definition) is 3. The summed E-state index contributed by atoms with van der Waals surface area (Å²) >= 11 is 12.3. The van der Waals surface area contributed by atoms with Crippen molar-refractivity contribution in [1.82, 2.24) is 15.1 Å². The molecule has 1 aromatic rings. The Morgan fingerprint density at radius 3 is 2.42 bits per heavy atom. The van der Waals surface area contributed by atoms with Gasteiger partial charge in [0.2, 0.25) is 0 Å². The van der Waals surface area contributed by atoms with Crippen molar-refractivity contribution in [3.63, 3.8) is 0 Å². The maximum atomic E-state index is 6.23. The first-order valence-electron chi connectivity index (χ1n) is 10.2. The molecule has 5 heteroatoms. The Labute approximate surface area is 169 Å². The zero-order valence-electron chi connectivity index (χ0n) is 16.0. The van der Waals surface area contributed by atoms with Gasteiger partial charge in [0.1, 0.15) is 0 Å². The first-order valence-corrected chi connectivity index (χ1v) is 11.0. The van der Waals surface area contributed by atoms with E-state index in [1.54, 1.807) is 0 Å². The van der Waals surface area contributed by atoms with E-state index in [0.717, 1.165) is 19.0 Å². The predicted molar refractivity (Wildman–Crippen MR) is 113 cm³/mol. The van der Waals surface area contributed by atoms with Crippen molar-refractivity contribution in [3.8, 4) is 0 Å². The molecule has 3 rings (SSSR count). The number of rotatable bonds is 7. The van der Waals surface area contributed by atoms with E-state index < -0.39 is 0 Å². The summed E-state index contributed by atoms with van der Waals surface area (Å²) in [4.78, 5) is 5.40. The van der Waals surface area contributed by atoms with Gasteiger partial charge in [-0.2, -0.15) is 0 Å². The quantitative estimate of drug-likeness (QED) is 0.722. The molecule has 0 spiro atoms. The number of likely N-dealkylation sites (tertiary alicyclic amines) is 2. The third kappa shape index (κ3) is 5.59. The minimum absolute atomic E-state index is 0.481. The topological polar surface area (TPSA) is 18.5 Å². The van der Waals surface area contributed by atoms with Gasteiger partial charge in [-0.05, 0) is 95.5 Å². The molecule has 2 aliphatic heterocycles. The first-order chi connectivity index (χ1) is 12.7. The summed E-state index contributed by atoms with van der Waals surface area (Å²) in [6, 6.07) is 6.91. The third-order valence-corrected chi connectivity index (χ3v) is 6.86. The van der Waals surface area contributed by atoms with Crippen molar-refractivity contribution in [3.05, 3.63) is 33.8 Å². The second-order valence-corrected chi connectivity index (χ2v) is 8.70. The lowest BCUT2D eigenvalue weighted by Crippen LogP contribution is -2.47. The lowest BCUT2D eigenvalue weighted by molar-refractivity contribution is 0.0912. The molecule has 26 heavy (non-hydrogen) atoms. The maximum Gasteiger partial charge on any atom is 0.0595 e. The van der Waals surface area contributed by atoms with E-state index >= 15 is 0 Å². The van der Waals surface area contributed by atoms with E-state index in [2.05, 4.69) is 21.2 Å². The molecule has 0 bridgehead atoms. The van der Waals surface area contributed by atoms with E-state index in [0.29, 0.717) is 16.0 Å². The molecule has 0 amide bonds. The molecule has 2 saturated heterocycles. The largest absolute Gasteiger partial charge is 0.319 e. The fraction of sp³-hybridized carbons (Fsp3) is 0.714. The van der Waals surface area contributed by atoms with Crippen LogP contribution < -0.4 is 5.32 Å². The van der Waals surface area contributed by atoms with Crippen LogP contribution >= 0.6 is 23.2 Å². The molecule has 3 nitrogen and oxygen atoms in total. The first kappa shape index (κ1) is 20.4. The molecular formula is C21H33Cl2N3. The van der Waals surface area contributed by atoms with Crippen LogP contribution in [-0.2, 0) is 0 Å². The molecule has 0 aliphatic carbocycles. The van der Waals surface area contributed by atoms with Gasteiger partial charge in [-0.1, -0.05) is 35.7 Å². The Morgan fingerprint density at radius 2 is 1.77 bits per heavy atom. The van der Waals surface area contributed by atoms with Crippen LogP contribution in [0.4, 0.5) is 0 Å². The summed E-state index contributed by atoms with van der Waals surface area (Å²) in [7, 11) is 2.02. The second kappa shape index (κ2) is 10.3. The summed E-state index contributed by atoms with van der Waals surface area (Å²) in [5, 5.41) is 4.63. The highest BCUT2D eigenvalue weighted by atomic mass is 35.5. The average Bonchev–Trinajstić information content (AvgIpc) is 2.68. The molecule has 1 N–H and O–H groups in total. The lowest BCUT2D eigenvalue weighted by Gasteiger charge is -2.40. The van der Waals surface area contributed by atoms with Crippen LogP contribution in [-0.4, -0.2) is 62.2 Å².